The topological polar surface area (TPSA) is 60.4 Å². The predicted octanol–water partition coefficient (Wildman–Crippen LogP) is 1.84. The molecule has 1 saturated heterocycles. The Labute approximate surface area is 191 Å². The van der Waals surface area contributed by atoms with Crippen LogP contribution in [0.1, 0.15) is 24.3 Å². The summed E-state index contributed by atoms with van der Waals surface area (Å²) in [5, 5.41) is 3.57. The lowest BCUT2D eigenvalue weighted by Crippen LogP contribution is -2.53. The first-order valence-corrected chi connectivity index (χ1v) is 10.2. The maximum absolute atomic E-state index is 11.8. The maximum atomic E-state index is 11.8. The Balaban J connectivity index is 0.00000300. The third-order valence-electron chi connectivity index (χ3n) is 5.61. The smallest absolute Gasteiger partial charge is 0.223 e. The molecule has 0 aromatic heterocycles. The van der Waals surface area contributed by atoms with Crippen molar-refractivity contribution in [2.75, 3.05) is 67.0 Å². The lowest BCUT2D eigenvalue weighted by atomic mass is 9.93. The van der Waals surface area contributed by atoms with E-state index in [4.69, 9.17) is 4.74 Å². The van der Waals surface area contributed by atoms with E-state index in [1.807, 2.05) is 27.2 Å². The first-order chi connectivity index (χ1) is 13.6. The molecule has 162 valence electrons. The molecule has 1 aromatic rings. The number of carbonyl (C=O) groups is 1. The highest BCUT2D eigenvalue weighted by Gasteiger charge is 2.24. The van der Waals surface area contributed by atoms with Crippen LogP contribution in [0.2, 0.25) is 0 Å². The minimum atomic E-state index is 0. The van der Waals surface area contributed by atoms with Crippen LogP contribution in [0.25, 0.3) is 0 Å². The van der Waals surface area contributed by atoms with Gasteiger partial charge in [-0.3, -0.25) is 14.7 Å². The summed E-state index contributed by atoms with van der Waals surface area (Å²) in [4.78, 5) is 22.6. The molecule has 2 aliphatic heterocycles. The van der Waals surface area contributed by atoms with Gasteiger partial charge in [-0.2, -0.15) is 0 Å². The van der Waals surface area contributed by atoms with E-state index in [2.05, 4.69) is 38.3 Å². The first kappa shape index (κ1) is 23.7. The van der Waals surface area contributed by atoms with E-state index in [1.54, 1.807) is 4.90 Å². The summed E-state index contributed by atoms with van der Waals surface area (Å²) in [6.07, 6.45) is 1.61. The molecule has 1 unspecified atom stereocenters. The Morgan fingerprint density at radius 2 is 1.97 bits per heavy atom. The number of carbonyl (C=O) groups excluding carboxylic acids is 1. The molecule has 0 radical (unpaired) electrons. The molecule has 8 heteroatoms. The van der Waals surface area contributed by atoms with Crippen LogP contribution in [-0.4, -0.2) is 93.6 Å². The van der Waals surface area contributed by atoms with Crippen LogP contribution in [0, 0.1) is 0 Å². The fraction of sp³-hybridized carbons (Fsp3) is 0.619. The Kier molecular flexibility index (Phi) is 9.48. The van der Waals surface area contributed by atoms with Gasteiger partial charge >= 0.3 is 0 Å². The fourth-order valence-electron chi connectivity index (χ4n) is 3.84. The van der Waals surface area contributed by atoms with Crippen molar-refractivity contribution in [1.29, 1.82) is 0 Å². The molecule has 29 heavy (non-hydrogen) atoms. The largest absolute Gasteiger partial charge is 0.493 e. The fourth-order valence-corrected chi connectivity index (χ4v) is 3.84. The maximum Gasteiger partial charge on any atom is 0.223 e. The van der Waals surface area contributed by atoms with Gasteiger partial charge in [-0.25, -0.2) is 0 Å². The number of hydrogen-bond donors (Lipinski definition) is 1. The van der Waals surface area contributed by atoms with Crippen molar-refractivity contribution in [3.8, 4) is 5.75 Å². The zero-order valence-electron chi connectivity index (χ0n) is 17.8. The van der Waals surface area contributed by atoms with E-state index < -0.39 is 0 Å². The van der Waals surface area contributed by atoms with Crippen molar-refractivity contribution in [3.63, 3.8) is 0 Å². The number of para-hydroxylation sites is 1. The second-order valence-electron chi connectivity index (χ2n) is 7.67. The Morgan fingerprint density at radius 1 is 1.24 bits per heavy atom. The van der Waals surface area contributed by atoms with Gasteiger partial charge in [0.15, 0.2) is 5.96 Å². The summed E-state index contributed by atoms with van der Waals surface area (Å²) in [7, 11) is 5.47. The molecule has 1 fully saturated rings. The van der Waals surface area contributed by atoms with E-state index >= 15 is 0 Å². The number of nitrogens with zero attached hydrogens (tertiary/aromatic N) is 4. The van der Waals surface area contributed by atoms with Gasteiger partial charge < -0.3 is 19.9 Å². The summed E-state index contributed by atoms with van der Waals surface area (Å²) < 4.78 is 5.77. The highest BCUT2D eigenvalue weighted by atomic mass is 127. The van der Waals surface area contributed by atoms with Crippen molar-refractivity contribution in [2.24, 2.45) is 4.99 Å². The van der Waals surface area contributed by atoms with Crippen LogP contribution in [0.5, 0.6) is 5.75 Å². The van der Waals surface area contributed by atoms with Gasteiger partial charge in [-0.05, 0) is 18.1 Å². The SMILES string of the molecule is CN=C(NCC1CCOc2ccccc21)N1CCN(CCC(=O)N(C)C)CC1.I. The van der Waals surface area contributed by atoms with E-state index in [-0.39, 0.29) is 29.9 Å². The molecule has 0 saturated carbocycles. The molecule has 1 amide bonds. The number of amides is 1. The predicted molar refractivity (Wildman–Crippen MR) is 127 cm³/mol. The van der Waals surface area contributed by atoms with Crippen LogP contribution in [0.4, 0.5) is 0 Å². The van der Waals surface area contributed by atoms with Crippen molar-refractivity contribution in [2.45, 2.75) is 18.8 Å². The van der Waals surface area contributed by atoms with Crippen molar-refractivity contribution in [1.82, 2.24) is 20.0 Å². The average molecular weight is 515 g/mol. The average Bonchev–Trinajstić information content (AvgIpc) is 2.73. The number of benzene rings is 1. The summed E-state index contributed by atoms with van der Waals surface area (Å²) in [5.74, 6) is 2.61. The van der Waals surface area contributed by atoms with E-state index in [0.717, 1.165) is 64.0 Å². The van der Waals surface area contributed by atoms with Gasteiger partial charge in [0, 0.05) is 72.8 Å². The lowest BCUT2D eigenvalue weighted by molar-refractivity contribution is -0.129. The lowest BCUT2D eigenvalue weighted by Gasteiger charge is -2.37. The van der Waals surface area contributed by atoms with Crippen molar-refractivity contribution in [3.05, 3.63) is 29.8 Å². The normalized spacial score (nSPS) is 19.6. The van der Waals surface area contributed by atoms with Crippen molar-refractivity contribution < 1.29 is 9.53 Å². The zero-order valence-corrected chi connectivity index (χ0v) is 20.1. The molecule has 1 aromatic carbocycles. The zero-order chi connectivity index (χ0) is 19.9. The number of piperazine rings is 1. The third kappa shape index (κ3) is 6.47. The summed E-state index contributed by atoms with van der Waals surface area (Å²) in [6.45, 7) is 6.25. The number of fused-ring (bicyclic) bond motifs is 1. The first-order valence-electron chi connectivity index (χ1n) is 10.2. The second kappa shape index (κ2) is 11.6. The molecule has 0 aliphatic carbocycles. The number of ether oxygens (including phenoxy) is 1. The third-order valence-corrected chi connectivity index (χ3v) is 5.61. The molecular weight excluding hydrogens is 481 g/mol. The van der Waals surface area contributed by atoms with Crippen LogP contribution in [-0.2, 0) is 4.79 Å². The van der Waals surface area contributed by atoms with Crippen LogP contribution in [0.3, 0.4) is 0 Å². The summed E-state index contributed by atoms with van der Waals surface area (Å²) >= 11 is 0. The minimum Gasteiger partial charge on any atom is -0.493 e. The molecule has 2 aliphatic rings. The molecule has 7 nitrogen and oxygen atoms in total. The second-order valence-corrected chi connectivity index (χ2v) is 7.67. The van der Waals surface area contributed by atoms with Crippen LogP contribution >= 0.6 is 24.0 Å². The molecule has 0 spiro atoms. The Morgan fingerprint density at radius 3 is 2.66 bits per heavy atom. The number of guanidine groups is 1. The Hall–Kier alpha value is -1.55. The number of rotatable bonds is 5. The highest BCUT2D eigenvalue weighted by Crippen LogP contribution is 2.32. The summed E-state index contributed by atoms with van der Waals surface area (Å²) in [5.41, 5.74) is 1.28. The molecule has 1 N–H and O–H groups in total. The van der Waals surface area contributed by atoms with Gasteiger partial charge in [-0.1, -0.05) is 18.2 Å². The number of hydrogen-bond acceptors (Lipinski definition) is 4. The molecule has 3 rings (SSSR count). The number of nitrogens with one attached hydrogen (secondary N) is 1. The van der Waals surface area contributed by atoms with Gasteiger partial charge in [0.1, 0.15) is 5.75 Å². The van der Waals surface area contributed by atoms with Gasteiger partial charge in [0.05, 0.1) is 6.61 Å². The van der Waals surface area contributed by atoms with E-state index in [9.17, 15) is 4.79 Å². The van der Waals surface area contributed by atoms with Gasteiger partial charge in [0.2, 0.25) is 5.91 Å². The molecule has 1 atom stereocenters. The number of aliphatic imine (C=N–C) groups is 1. The Bertz CT molecular complexity index is 689. The van der Waals surface area contributed by atoms with Crippen LogP contribution in [0.15, 0.2) is 29.3 Å². The highest BCUT2D eigenvalue weighted by molar-refractivity contribution is 14.0. The van der Waals surface area contributed by atoms with Crippen LogP contribution < -0.4 is 10.1 Å². The van der Waals surface area contributed by atoms with E-state index in [0.29, 0.717) is 12.3 Å². The molecule has 2 heterocycles. The van der Waals surface area contributed by atoms with Gasteiger partial charge in [-0.15, -0.1) is 24.0 Å². The quantitative estimate of drug-likeness (QED) is 0.369. The number of halogens is 1. The minimum absolute atomic E-state index is 0. The van der Waals surface area contributed by atoms with Gasteiger partial charge in [0.25, 0.3) is 0 Å². The van der Waals surface area contributed by atoms with Crippen molar-refractivity contribution >= 4 is 35.8 Å². The van der Waals surface area contributed by atoms with E-state index in [1.165, 1.54) is 5.56 Å². The standard InChI is InChI=1S/C21H33N5O2.HI/c1-22-21(23-16-17-9-15-28-19-7-5-4-6-18(17)19)26-13-11-25(12-14-26)10-8-20(27)24(2)3;/h4-7,17H,8-16H2,1-3H3,(H,22,23);1H. The summed E-state index contributed by atoms with van der Waals surface area (Å²) in [6, 6.07) is 8.32. The molecule has 0 bridgehead atoms. The monoisotopic (exact) mass is 515 g/mol. The molecular formula is C21H34IN5O2.